The zero-order chi connectivity index (χ0) is 46.1. The van der Waals surface area contributed by atoms with Gasteiger partial charge < -0.3 is 13.9 Å². The highest BCUT2D eigenvalue weighted by Gasteiger charge is 2.19. The molecule has 0 bridgehead atoms. The number of aromatic nitrogens is 1. The predicted octanol–water partition coefficient (Wildman–Crippen LogP) is 19.2. The summed E-state index contributed by atoms with van der Waals surface area (Å²) < 4.78 is 11.6. The van der Waals surface area contributed by atoms with Crippen LogP contribution in [0.1, 0.15) is 0 Å². The first-order chi connectivity index (χ1) is 34.7. The third-order valence-electron chi connectivity index (χ3n) is 14.0. The van der Waals surface area contributed by atoms with E-state index >= 15 is 0 Å². The highest BCUT2D eigenvalue weighted by Crippen LogP contribution is 2.43. The number of nitrogens with zero attached hydrogens (tertiary/aromatic N) is 2. The van der Waals surface area contributed by atoms with Crippen molar-refractivity contribution in [2.45, 2.75) is 0 Å². The zero-order valence-corrected chi connectivity index (χ0v) is 38.8. The number of hydrogen-bond acceptors (Lipinski definition) is 3. The molecule has 14 rings (SSSR count). The van der Waals surface area contributed by atoms with Crippen LogP contribution < -0.4 is 4.90 Å². The van der Waals surface area contributed by atoms with Crippen molar-refractivity contribution in [3.05, 3.63) is 255 Å². The van der Waals surface area contributed by atoms with Crippen LogP contribution >= 0.6 is 11.3 Å². The second-order valence-electron chi connectivity index (χ2n) is 18.0. The van der Waals surface area contributed by atoms with Gasteiger partial charge in [0, 0.05) is 70.0 Å². The van der Waals surface area contributed by atoms with Gasteiger partial charge in [-0.3, -0.25) is 0 Å². The molecule has 14 aromatic rings. The number of thiophene rings is 1. The number of benzene rings is 11. The molecule has 0 aliphatic rings. The molecule has 0 unspecified atom stereocenters. The van der Waals surface area contributed by atoms with Crippen LogP contribution in [0, 0.1) is 0 Å². The molecule has 0 aliphatic carbocycles. The van der Waals surface area contributed by atoms with E-state index in [1.165, 1.54) is 64.2 Å². The van der Waals surface area contributed by atoms with Gasteiger partial charge in [0.2, 0.25) is 0 Å². The van der Waals surface area contributed by atoms with Crippen molar-refractivity contribution in [3.63, 3.8) is 0 Å². The Labute approximate surface area is 409 Å². The predicted molar refractivity (Wildman–Crippen MR) is 297 cm³/mol. The summed E-state index contributed by atoms with van der Waals surface area (Å²) in [6.45, 7) is 0. The smallest absolute Gasteiger partial charge is 0.143 e. The fourth-order valence-corrected chi connectivity index (χ4v) is 11.8. The molecule has 4 heteroatoms. The Hall–Kier alpha value is -8.96. The van der Waals surface area contributed by atoms with Crippen LogP contribution in [-0.4, -0.2) is 4.57 Å². The van der Waals surface area contributed by atoms with Gasteiger partial charge in [-0.1, -0.05) is 164 Å². The van der Waals surface area contributed by atoms with Crippen molar-refractivity contribution in [1.29, 1.82) is 0 Å². The molecule has 0 saturated carbocycles. The molecular weight excluding hydrogens is 869 g/mol. The molecule has 3 aromatic heterocycles. The van der Waals surface area contributed by atoms with Crippen LogP contribution in [-0.2, 0) is 0 Å². The Morgan fingerprint density at radius 3 is 1.57 bits per heavy atom. The number of furan rings is 1. The Morgan fingerprint density at radius 1 is 0.329 bits per heavy atom. The molecule has 3 nitrogen and oxygen atoms in total. The average molecular weight is 911 g/mol. The van der Waals surface area contributed by atoms with E-state index in [2.05, 4.69) is 264 Å². The Bertz CT molecular complexity index is 4260. The van der Waals surface area contributed by atoms with E-state index in [-0.39, 0.29) is 0 Å². The summed E-state index contributed by atoms with van der Waals surface area (Å²) in [5.74, 6) is 0. The van der Waals surface area contributed by atoms with Gasteiger partial charge in [-0.2, -0.15) is 0 Å². The summed E-state index contributed by atoms with van der Waals surface area (Å²) in [5.41, 5.74) is 17.9. The molecule has 0 radical (unpaired) electrons. The van der Waals surface area contributed by atoms with Gasteiger partial charge in [0.1, 0.15) is 11.2 Å². The molecule has 0 amide bonds. The quantitative estimate of drug-likeness (QED) is 0.151. The molecule has 0 aliphatic heterocycles. The van der Waals surface area contributed by atoms with E-state index < -0.39 is 0 Å². The van der Waals surface area contributed by atoms with E-state index in [1.54, 1.807) is 0 Å². The van der Waals surface area contributed by atoms with Crippen LogP contribution in [0.2, 0.25) is 0 Å². The van der Waals surface area contributed by atoms with E-state index in [0.29, 0.717) is 0 Å². The SMILES string of the molecule is c1ccc(-c2cccc3c2oc2ccc(-c4ccc(N(c5ccc(-c6ccc7sc8ccccc8c7c6)cc5)c5ccc(-c6cccc7c6c6ccccc6n7-c6ccccc6)cc5)cc4)cc23)cc1. The fourth-order valence-electron chi connectivity index (χ4n) is 10.7. The minimum Gasteiger partial charge on any atom is -0.455 e. The molecule has 328 valence electrons. The molecule has 11 aromatic carbocycles. The standard InChI is InChI=1S/C66H42N2OS/c1-3-13-45(14-4-1)54-20-11-21-56-58-41-47(31-39-62(58)69-66(54)56)43-25-33-50(34-26-43)67(51-35-27-44(28-36-51)48-32-40-64-59(42-48)55-17-8-10-24-63(55)70-64)52-37-29-46(30-38-52)53-19-12-23-61-65(53)57-18-7-9-22-60(57)68(61)49-15-5-2-6-16-49/h1-42H. The van der Waals surface area contributed by atoms with Gasteiger partial charge in [-0.25, -0.2) is 0 Å². The number of anilines is 3. The molecule has 0 N–H and O–H groups in total. The average Bonchev–Trinajstić information content (AvgIpc) is 4.11. The topological polar surface area (TPSA) is 21.3 Å². The maximum absolute atomic E-state index is 6.53. The van der Waals surface area contributed by atoms with Gasteiger partial charge in [-0.15, -0.1) is 11.3 Å². The lowest BCUT2D eigenvalue weighted by atomic mass is 9.98. The number of fused-ring (bicyclic) bond motifs is 9. The summed E-state index contributed by atoms with van der Waals surface area (Å²) in [4.78, 5) is 2.37. The normalized spacial score (nSPS) is 11.7. The lowest BCUT2D eigenvalue weighted by molar-refractivity contribution is 0.670. The summed E-state index contributed by atoms with van der Waals surface area (Å²) in [6.07, 6.45) is 0. The maximum atomic E-state index is 6.53. The third-order valence-corrected chi connectivity index (χ3v) is 15.2. The van der Waals surface area contributed by atoms with Gasteiger partial charge in [0.15, 0.2) is 0 Å². The molecule has 0 fully saturated rings. The van der Waals surface area contributed by atoms with Crippen molar-refractivity contribution in [1.82, 2.24) is 4.57 Å². The first kappa shape index (κ1) is 40.1. The second-order valence-corrected chi connectivity index (χ2v) is 19.1. The van der Waals surface area contributed by atoms with Gasteiger partial charge in [0.05, 0.1) is 11.0 Å². The number of hydrogen-bond donors (Lipinski definition) is 0. The number of rotatable bonds is 8. The molecule has 0 saturated heterocycles. The molecular formula is C66H42N2OS. The monoisotopic (exact) mass is 910 g/mol. The zero-order valence-electron chi connectivity index (χ0n) is 38.0. The van der Waals surface area contributed by atoms with Crippen LogP contribution in [0.5, 0.6) is 0 Å². The molecule has 3 heterocycles. The van der Waals surface area contributed by atoms with Crippen LogP contribution in [0.4, 0.5) is 17.1 Å². The lowest BCUT2D eigenvalue weighted by Gasteiger charge is -2.26. The van der Waals surface area contributed by atoms with Gasteiger partial charge >= 0.3 is 0 Å². The van der Waals surface area contributed by atoms with Crippen LogP contribution in [0.3, 0.4) is 0 Å². The lowest BCUT2D eigenvalue weighted by Crippen LogP contribution is -2.09. The minimum absolute atomic E-state index is 0.888. The summed E-state index contributed by atoms with van der Waals surface area (Å²) >= 11 is 1.86. The van der Waals surface area contributed by atoms with Crippen LogP contribution in [0.25, 0.3) is 114 Å². The van der Waals surface area contributed by atoms with E-state index in [9.17, 15) is 0 Å². The third kappa shape index (κ3) is 6.64. The molecule has 70 heavy (non-hydrogen) atoms. The highest BCUT2D eigenvalue weighted by molar-refractivity contribution is 7.25. The second kappa shape index (κ2) is 16.4. The van der Waals surface area contributed by atoms with Crippen molar-refractivity contribution in [3.8, 4) is 50.2 Å². The first-order valence-corrected chi connectivity index (χ1v) is 24.6. The Kier molecular flexibility index (Phi) is 9.39. The number of para-hydroxylation sites is 3. The first-order valence-electron chi connectivity index (χ1n) is 23.8. The Balaban J connectivity index is 0.855. The summed E-state index contributed by atoms with van der Waals surface area (Å²) in [7, 11) is 0. The fraction of sp³-hybridized carbons (Fsp3) is 0. The largest absolute Gasteiger partial charge is 0.455 e. The Morgan fingerprint density at radius 2 is 0.843 bits per heavy atom. The summed E-state index contributed by atoms with van der Waals surface area (Å²) in [5, 5.41) is 7.35. The van der Waals surface area contributed by atoms with Crippen molar-refractivity contribution in [2.24, 2.45) is 0 Å². The van der Waals surface area contributed by atoms with Gasteiger partial charge in [0.25, 0.3) is 0 Å². The van der Waals surface area contributed by atoms with Crippen LogP contribution in [0.15, 0.2) is 259 Å². The van der Waals surface area contributed by atoms with E-state index in [4.69, 9.17) is 4.42 Å². The summed E-state index contributed by atoms with van der Waals surface area (Å²) in [6, 6.07) is 92.3. The maximum Gasteiger partial charge on any atom is 0.143 e. The molecule has 0 spiro atoms. The van der Waals surface area contributed by atoms with Gasteiger partial charge in [-0.05, 0) is 130 Å². The molecule has 0 atom stereocenters. The highest BCUT2D eigenvalue weighted by atomic mass is 32.1. The van der Waals surface area contributed by atoms with E-state index in [0.717, 1.165) is 66.9 Å². The van der Waals surface area contributed by atoms with E-state index in [1.807, 2.05) is 11.3 Å². The van der Waals surface area contributed by atoms with Crippen molar-refractivity contribution >= 4 is 92.3 Å². The minimum atomic E-state index is 0.888. The van der Waals surface area contributed by atoms with Crippen molar-refractivity contribution in [2.75, 3.05) is 4.90 Å². The van der Waals surface area contributed by atoms with Crippen molar-refractivity contribution < 1.29 is 4.42 Å².